The second-order valence-electron chi connectivity index (χ2n) is 8.85. The summed E-state index contributed by atoms with van der Waals surface area (Å²) in [6.07, 6.45) is 0.561. The van der Waals surface area contributed by atoms with E-state index in [4.69, 9.17) is 34.3 Å². The highest BCUT2D eigenvalue weighted by atomic mass is 32.2. The van der Waals surface area contributed by atoms with Crippen LogP contribution in [0, 0.1) is 0 Å². The fourth-order valence-electron chi connectivity index (χ4n) is 3.28. The number of hydrogen-bond acceptors (Lipinski definition) is 12. The Hall–Kier alpha value is -1.85. The molecule has 0 saturated carbocycles. The lowest BCUT2D eigenvalue weighted by atomic mass is 10.3. The molecule has 15 heteroatoms. The molecule has 0 aromatic heterocycles. The largest absolute Gasteiger partial charge is 0.379 e. The van der Waals surface area contributed by atoms with E-state index in [1.165, 1.54) is 16.7 Å². The molecule has 0 spiro atoms. The Balaban J connectivity index is 1.94. The van der Waals surface area contributed by atoms with E-state index in [1.807, 2.05) is 19.3 Å². The van der Waals surface area contributed by atoms with Crippen LogP contribution in [-0.4, -0.2) is 131 Å². The third-order valence-electron chi connectivity index (χ3n) is 5.31. The number of likely N-dealkylation sites (tertiary alicyclic amines) is 1. The molecule has 40 heavy (non-hydrogen) atoms. The van der Waals surface area contributed by atoms with Crippen LogP contribution in [0.25, 0.3) is 0 Å². The van der Waals surface area contributed by atoms with Crippen LogP contribution in [0.15, 0.2) is 0 Å². The summed E-state index contributed by atoms with van der Waals surface area (Å²) in [5.41, 5.74) is 2.02. The third-order valence-corrected chi connectivity index (χ3v) is 6.48. The molecule has 1 unspecified atom stereocenters. The maximum absolute atomic E-state index is 12.5. The van der Waals surface area contributed by atoms with Gasteiger partial charge >= 0.3 is 0 Å². The Kier molecular flexibility index (Phi) is 21.5. The minimum Gasteiger partial charge on any atom is -0.379 e. The van der Waals surface area contributed by atoms with Crippen molar-refractivity contribution < 1.29 is 47.6 Å². The highest BCUT2D eigenvalue weighted by Gasteiger charge is 2.38. The number of nitrogens with two attached hydrogens (primary N) is 1. The zero-order valence-electron chi connectivity index (χ0n) is 23.7. The van der Waals surface area contributed by atoms with Gasteiger partial charge in [0.15, 0.2) is 0 Å². The minimum atomic E-state index is -0.426. The quantitative estimate of drug-likeness (QED) is 0.0376. The van der Waals surface area contributed by atoms with Crippen LogP contribution in [0.3, 0.4) is 0 Å². The lowest BCUT2D eigenvalue weighted by Crippen LogP contribution is -2.36. The number of imide groups is 1. The van der Waals surface area contributed by atoms with E-state index in [2.05, 4.69) is 5.32 Å². The molecule has 232 valence electrons. The number of nitrogens with zero attached hydrogens (tertiary/aromatic N) is 1. The summed E-state index contributed by atoms with van der Waals surface area (Å²) in [5.74, 6) is 4.53. The standard InChI is InChI=1S/C25H46N4O10S/c1-20(2)39-16-15-38-17-18-40-21-19-24(32)29(25(21)33)6-3-22(30)27-5-8-35-10-12-37-14-13-36-11-9-34-7-4-23(31)28-26/h20-21H,3-19,26H2,1-2H3,(H,27,30)(H,28,31). The summed E-state index contributed by atoms with van der Waals surface area (Å²) in [5, 5.41) is 2.29. The number of ether oxygens (including phenoxy) is 6. The molecule has 14 nitrogen and oxygen atoms in total. The highest BCUT2D eigenvalue weighted by molar-refractivity contribution is 8.00. The molecule has 0 aromatic rings. The van der Waals surface area contributed by atoms with Crippen LogP contribution in [0.5, 0.6) is 0 Å². The first kappa shape index (κ1) is 36.2. The fourth-order valence-corrected chi connectivity index (χ4v) is 4.30. The summed E-state index contributed by atoms with van der Waals surface area (Å²) in [4.78, 5) is 48.9. The normalized spacial score (nSPS) is 15.3. The Morgan fingerprint density at radius 2 is 1.43 bits per heavy atom. The Labute approximate surface area is 240 Å². The Morgan fingerprint density at radius 3 is 2.05 bits per heavy atom. The molecule has 0 bridgehead atoms. The molecule has 0 aliphatic carbocycles. The molecular formula is C25H46N4O10S. The van der Waals surface area contributed by atoms with Gasteiger partial charge in [-0.25, -0.2) is 5.84 Å². The monoisotopic (exact) mass is 594 g/mol. The summed E-state index contributed by atoms with van der Waals surface area (Å²) in [6, 6.07) is 0. The molecular weight excluding hydrogens is 548 g/mol. The van der Waals surface area contributed by atoms with Gasteiger partial charge in [-0.15, -0.1) is 11.8 Å². The molecule has 0 radical (unpaired) electrons. The predicted octanol–water partition coefficient (Wildman–Crippen LogP) is -0.759. The van der Waals surface area contributed by atoms with Crippen molar-refractivity contribution in [3.8, 4) is 0 Å². The summed E-state index contributed by atoms with van der Waals surface area (Å²) >= 11 is 1.40. The van der Waals surface area contributed by atoms with Gasteiger partial charge in [-0.05, 0) is 13.8 Å². The van der Waals surface area contributed by atoms with Crippen LogP contribution >= 0.6 is 11.8 Å². The van der Waals surface area contributed by atoms with Crippen molar-refractivity contribution in [2.75, 3.05) is 91.5 Å². The van der Waals surface area contributed by atoms with Crippen molar-refractivity contribution >= 4 is 35.4 Å². The molecule has 1 atom stereocenters. The zero-order chi connectivity index (χ0) is 29.4. The molecule has 1 rings (SSSR count). The maximum atomic E-state index is 12.5. The zero-order valence-corrected chi connectivity index (χ0v) is 24.5. The third kappa shape index (κ3) is 18.5. The molecule has 4 amide bonds. The second-order valence-corrected chi connectivity index (χ2v) is 10.2. The van der Waals surface area contributed by atoms with E-state index >= 15 is 0 Å². The van der Waals surface area contributed by atoms with Gasteiger partial charge in [-0.3, -0.25) is 29.5 Å². The number of amides is 4. The van der Waals surface area contributed by atoms with Crippen LogP contribution in [0.4, 0.5) is 0 Å². The summed E-state index contributed by atoms with van der Waals surface area (Å²) in [7, 11) is 0. The van der Waals surface area contributed by atoms with E-state index in [-0.39, 0.29) is 62.1 Å². The second kappa shape index (κ2) is 23.8. The van der Waals surface area contributed by atoms with Gasteiger partial charge in [-0.2, -0.15) is 0 Å². The lowest BCUT2D eigenvalue weighted by Gasteiger charge is -2.15. The van der Waals surface area contributed by atoms with E-state index < -0.39 is 5.25 Å². The van der Waals surface area contributed by atoms with Gasteiger partial charge in [0.1, 0.15) is 0 Å². The first-order valence-corrected chi connectivity index (χ1v) is 14.6. The van der Waals surface area contributed by atoms with Crippen molar-refractivity contribution in [3.63, 3.8) is 0 Å². The Morgan fingerprint density at radius 1 is 0.850 bits per heavy atom. The highest BCUT2D eigenvalue weighted by Crippen LogP contribution is 2.25. The number of rotatable bonds is 26. The van der Waals surface area contributed by atoms with E-state index in [1.54, 1.807) is 0 Å². The SMILES string of the molecule is CC(C)OCCOCCSC1CC(=O)N(CCC(=O)NCCOCCOCCOCCOCCC(=O)NN)C1=O. The van der Waals surface area contributed by atoms with Crippen molar-refractivity contribution in [2.45, 2.75) is 44.5 Å². The van der Waals surface area contributed by atoms with Gasteiger partial charge in [0.25, 0.3) is 0 Å². The van der Waals surface area contributed by atoms with Gasteiger partial charge < -0.3 is 33.7 Å². The van der Waals surface area contributed by atoms with Crippen molar-refractivity contribution in [1.82, 2.24) is 15.6 Å². The first-order valence-electron chi connectivity index (χ1n) is 13.6. The smallest absolute Gasteiger partial charge is 0.242 e. The molecule has 1 aliphatic rings. The number of thioether (sulfide) groups is 1. The summed E-state index contributed by atoms with van der Waals surface area (Å²) < 4.78 is 32.2. The molecule has 1 fully saturated rings. The topological polar surface area (TPSA) is 177 Å². The molecule has 1 saturated heterocycles. The maximum Gasteiger partial charge on any atom is 0.242 e. The minimum absolute atomic E-state index is 0.0466. The predicted molar refractivity (Wildman–Crippen MR) is 147 cm³/mol. The van der Waals surface area contributed by atoms with Crippen LogP contribution < -0.4 is 16.6 Å². The van der Waals surface area contributed by atoms with Gasteiger partial charge in [0.2, 0.25) is 23.6 Å². The lowest BCUT2D eigenvalue weighted by molar-refractivity contribution is -0.138. The van der Waals surface area contributed by atoms with E-state index in [9.17, 15) is 19.2 Å². The average Bonchev–Trinajstić information content (AvgIpc) is 3.20. The van der Waals surface area contributed by atoms with Crippen LogP contribution in [0.2, 0.25) is 0 Å². The van der Waals surface area contributed by atoms with Crippen molar-refractivity contribution in [1.29, 1.82) is 0 Å². The number of hydrazine groups is 1. The van der Waals surface area contributed by atoms with Gasteiger partial charge in [-0.1, -0.05) is 0 Å². The van der Waals surface area contributed by atoms with Gasteiger partial charge in [0, 0.05) is 31.7 Å². The number of nitrogens with one attached hydrogen (secondary N) is 2. The molecule has 1 aliphatic heterocycles. The van der Waals surface area contributed by atoms with Crippen LogP contribution in [-0.2, 0) is 47.6 Å². The van der Waals surface area contributed by atoms with Gasteiger partial charge in [0.05, 0.1) is 90.5 Å². The van der Waals surface area contributed by atoms with E-state index in [0.29, 0.717) is 78.4 Å². The molecule has 1 heterocycles. The van der Waals surface area contributed by atoms with Crippen molar-refractivity contribution in [3.05, 3.63) is 0 Å². The van der Waals surface area contributed by atoms with Crippen molar-refractivity contribution in [2.24, 2.45) is 5.84 Å². The summed E-state index contributed by atoms with van der Waals surface area (Å²) in [6.45, 7) is 8.74. The Bertz CT molecular complexity index is 732. The molecule has 4 N–H and O–H groups in total. The van der Waals surface area contributed by atoms with Crippen LogP contribution in [0.1, 0.15) is 33.1 Å². The fraction of sp³-hybridized carbons (Fsp3) is 0.840. The number of hydrogen-bond donors (Lipinski definition) is 3. The average molecular weight is 595 g/mol. The first-order chi connectivity index (χ1) is 19.3. The van der Waals surface area contributed by atoms with E-state index in [0.717, 1.165) is 0 Å². The number of carbonyl (C=O) groups excluding carboxylic acids is 4. The molecule has 0 aromatic carbocycles. The number of carbonyl (C=O) groups is 4.